The number of rotatable bonds is 2. The van der Waals surface area contributed by atoms with E-state index in [9.17, 15) is 4.79 Å². The van der Waals surface area contributed by atoms with Gasteiger partial charge in [0.15, 0.2) is 0 Å². The summed E-state index contributed by atoms with van der Waals surface area (Å²) in [5.74, 6) is 0.515. The lowest BCUT2D eigenvalue weighted by molar-refractivity contribution is 0.0600. The van der Waals surface area contributed by atoms with Gasteiger partial charge in [-0.15, -0.1) is 0 Å². The molecule has 0 spiro atoms. The molecule has 0 saturated carbocycles. The summed E-state index contributed by atoms with van der Waals surface area (Å²) in [5, 5.41) is 0. The van der Waals surface area contributed by atoms with E-state index in [2.05, 4.69) is 22.0 Å². The fraction of sp³-hybridized carbons (Fsp3) is 0.188. The van der Waals surface area contributed by atoms with Crippen LogP contribution >= 0.6 is 15.9 Å². The Bertz CT molecular complexity index is 667. The summed E-state index contributed by atoms with van der Waals surface area (Å²) < 4.78 is 11.7. The SMILES string of the molecule is COC(=O)c1ccc2c(c1)CC(c1cccc(Br)c1)O2. The minimum atomic E-state index is -0.321. The van der Waals surface area contributed by atoms with Crippen LogP contribution in [0.3, 0.4) is 0 Å². The highest BCUT2D eigenvalue weighted by Crippen LogP contribution is 2.37. The highest BCUT2D eigenvalue weighted by molar-refractivity contribution is 9.10. The lowest BCUT2D eigenvalue weighted by Crippen LogP contribution is -2.02. The highest BCUT2D eigenvalue weighted by atomic mass is 79.9. The maximum absolute atomic E-state index is 11.5. The van der Waals surface area contributed by atoms with Gasteiger partial charge in [-0.05, 0) is 41.5 Å². The fourth-order valence-corrected chi connectivity index (χ4v) is 2.80. The summed E-state index contributed by atoms with van der Waals surface area (Å²) in [4.78, 5) is 11.5. The maximum atomic E-state index is 11.5. The molecule has 102 valence electrons. The Morgan fingerprint density at radius 2 is 2.15 bits per heavy atom. The number of fused-ring (bicyclic) bond motifs is 1. The quantitative estimate of drug-likeness (QED) is 0.782. The average Bonchev–Trinajstić information content (AvgIpc) is 2.89. The zero-order chi connectivity index (χ0) is 14.1. The number of ether oxygens (including phenoxy) is 2. The minimum Gasteiger partial charge on any atom is -0.485 e. The normalized spacial score (nSPS) is 16.4. The molecule has 0 bridgehead atoms. The van der Waals surface area contributed by atoms with E-state index in [0.717, 1.165) is 27.8 Å². The molecule has 0 N–H and O–H groups in total. The molecule has 0 radical (unpaired) electrons. The molecule has 1 heterocycles. The Morgan fingerprint density at radius 3 is 2.90 bits per heavy atom. The maximum Gasteiger partial charge on any atom is 0.337 e. The van der Waals surface area contributed by atoms with Gasteiger partial charge < -0.3 is 9.47 Å². The Morgan fingerprint density at radius 1 is 1.30 bits per heavy atom. The molecule has 0 saturated heterocycles. The molecule has 20 heavy (non-hydrogen) atoms. The third-order valence-corrected chi connectivity index (χ3v) is 3.87. The van der Waals surface area contributed by atoms with Crippen molar-refractivity contribution < 1.29 is 14.3 Å². The molecule has 1 atom stereocenters. The molecule has 4 heteroatoms. The number of hydrogen-bond acceptors (Lipinski definition) is 3. The smallest absolute Gasteiger partial charge is 0.337 e. The number of halogens is 1. The minimum absolute atomic E-state index is 0.00426. The average molecular weight is 333 g/mol. The zero-order valence-electron chi connectivity index (χ0n) is 10.9. The molecule has 0 fully saturated rings. The van der Waals surface area contributed by atoms with Crippen LogP contribution in [0.4, 0.5) is 0 Å². The third-order valence-electron chi connectivity index (χ3n) is 3.38. The van der Waals surface area contributed by atoms with E-state index in [1.165, 1.54) is 7.11 Å². The van der Waals surface area contributed by atoms with Gasteiger partial charge in [0.2, 0.25) is 0 Å². The van der Waals surface area contributed by atoms with Crippen LogP contribution in [0.1, 0.15) is 27.6 Å². The van der Waals surface area contributed by atoms with E-state index in [-0.39, 0.29) is 12.1 Å². The van der Waals surface area contributed by atoms with Crippen LogP contribution in [0, 0.1) is 0 Å². The molecule has 0 amide bonds. The monoisotopic (exact) mass is 332 g/mol. The van der Waals surface area contributed by atoms with Crippen molar-refractivity contribution in [2.24, 2.45) is 0 Å². The van der Waals surface area contributed by atoms with Gasteiger partial charge in [-0.3, -0.25) is 0 Å². The largest absolute Gasteiger partial charge is 0.485 e. The predicted molar refractivity (Wildman–Crippen MR) is 79.0 cm³/mol. The molecule has 1 aliphatic rings. The summed E-state index contributed by atoms with van der Waals surface area (Å²) in [5.41, 5.74) is 2.72. The van der Waals surface area contributed by atoms with Gasteiger partial charge >= 0.3 is 5.97 Å². The van der Waals surface area contributed by atoms with E-state index >= 15 is 0 Å². The second-order valence-electron chi connectivity index (χ2n) is 4.68. The van der Waals surface area contributed by atoms with Crippen molar-refractivity contribution in [2.75, 3.05) is 7.11 Å². The van der Waals surface area contributed by atoms with Crippen LogP contribution in [-0.4, -0.2) is 13.1 Å². The van der Waals surface area contributed by atoms with Crippen molar-refractivity contribution in [2.45, 2.75) is 12.5 Å². The molecular formula is C16H13BrO3. The topological polar surface area (TPSA) is 35.5 Å². The van der Waals surface area contributed by atoms with Crippen molar-refractivity contribution in [1.29, 1.82) is 0 Å². The molecule has 1 aliphatic heterocycles. The Kier molecular flexibility index (Phi) is 3.49. The van der Waals surface area contributed by atoms with Crippen LogP contribution in [0.2, 0.25) is 0 Å². The second kappa shape index (κ2) is 5.29. The van der Waals surface area contributed by atoms with Crippen LogP contribution in [0.15, 0.2) is 46.9 Å². The first-order valence-electron chi connectivity index (χ1n) is 6.31. The third kappa shape index (κ3) is 2.43. The van der Waals surface area contributed by atoms with Gasteiger partial charge in [0.1, 0.15) is 11.9 Å². The van der Waals surface area contributed by atoms with Gasteiger partial charge in [0.05, 0.1) is 12.7 Å². The van der Waals surface area contributed by atoms with Crippen molar-refractivity contribution >= 4 is 21.9 Å². The number of hydrogen-bond donors (Lipinski definition) is 0. The molecule has 3 nitrogen and oxygen atoms in total. The van der Waals surface area contributed by atoms with E-state index in [1.807, 2.05) is 30.3 Å². The van der Waals surface area contributed by atoms with Crippen molar-refractivity contribution in [1.82, 2.24) is 0 Å². The van der Waals surface area contributed by atoms with Gasteiger partial charge in [0, 0.05) is 10.9 Å². The first-order valence-corrected chi connectivity index (χ1v) is 7.10. The van der Waals surface area contributed by atoms with E-state index in [1.54, 1.807) is 6.07 Å². The molecule has 1 unspecified atom stereocenters. The predicted octanol–water partition coefficient (Wildman–Crippen LogP) is 3.91. The van der Waals surface area contributed by atoms with Gasteiger partial charge in [-0.25, -0.2) is 4.79 Å². The lowest BCUT2D eigenvalue weighted by atomic mass is 10.0. The highest BCUT2D eigenvalue weighted by Gasteiger charge is 2.25. The first kappa shape index (κ1) is 13.2. The molecule has 2 aromatic rings. The van der Waals surface area contributed by atoms with Crippen LogP contribution in [0.25, 0.3) is 0 Å². The summed E-state index contributed by atoms with van der Waals surface area (Å²) in [6.45, 7) is 0. The number of methoxy groups -OCH3 is 1. The Balaban J connectivity index is 1.87. The van der Waals surface area contributed by atoms with E-state index in [4.69, 9.17) is 9.47 Å². The van der Waals surface area contributed by atoms with Crippen LogP contribution in [-0.2, 0) is 11.2 Å². The Labute approximate surface area is 125 Å². The zero-order valence-corrected chi connectivity index (χ0v) is 12.5. The Hall–Kier alpha value is -1.81. The van der Waals surface area contributed by atoms with E-state index in [0.29, 0.717) is 5.56 Å². The number of carbonyl (C=O) groups excluding carboxylic acids is 1. The molecule has 0 aliphatic carbocycles. The standard InChI is InChI=1S/C16H13BrO3/c1-19-16(18)11-5-6-14-12(7-11)9-15(20-14)10-3-2-4-13(17)8-10/h2-8,15H,9H2,1H3. The summed E-state index contributed by atoms with van der Waals surface area (Å²) in [7, 11) is 1.39. The summed E-state index contributed by atoms with van der Waals surface area (Å²) >= 11 is 3.47. The summed E-state index contributed by atoms with van der Waals surface area (Å²) in [6, 6.07) is 13.5. The van der Waals surface area contributed by atoms with Crippen LogP contribution in [0.5, 0.6) is 5.75 Å². The van der Waals surface area contributed by atoms with Crippen molar-refractivity contribution in [3.8, 4) is 5.75 Å². The van der Waals surface area contributed by atoms with Gasteiger partial charge in [-0.2, -0.15) is 0 Å². The van der Waals surface area contributed by atoms with Gasteiger partial charge in [-0.1, -0.05) is 28.1 Å². The number of carbonyl (C=O) groups is 1. The second-order valence-corrected chi connectivity index (χ2v) is 5.60. The molecule has 2 aromatic carbocycles. The molecule has 0 aromatic heterocycles. The van der Waals surface area contributed by atoms with Crippen molar-refractivity contribution in [3.63, 3.8) is 0 Å². The van der Waals surface area contributed by atoms with Crippen LogP contribution < -0.4 is 4.74 Å². The summed E-state index contributed by atoms with van der Waals surface area (Å²) in [6.07, 6.45) is 0.756. The van der Waals surface area contributed by atoms with Crippen molar-refractivity contribution in [3.05, 3.63) is 63.6 Å². The lowest BCUT2D eigenvalue weighted by Gasteiger charge is -2.11. The van der Waals surface area contributed by atoms with E-state index < -0.39 is 0 Å². The number of benzene rings is 2. The molecule has 3 rings (SSSR count). The fourth-order valence-electron chi connectivity index (χ4n) is 2.39. The van der Waals surface area contributed by atoms with Gasteiger partial charge in [0.25, 0.3) is 0 Å². The molecular weight excluding hydrogens is 320 g/mol. The number of esters is 1. The first-order chi connectivity index (χ1) is 9.67.